The van der Waals surface area contributed by atoms with Gasteiger partial charge in [0.2, 0.25) is 0 Å². The van der Waals surface area contributed by atoms with Gasteiger partial charge in [-0.2, -0.15) is 0 Å². The summed E-state index contributed by atoms with van der Waals surface area (Å²) in [5.41, 5.74) is 1.15. The minimum atomic E-state index is 1.14. The second kappa shape index (κ2) is 3.75. The lowest BCUT2D eigenvalue weighted by Crippen LogP contribution is -1.77. The van der Waals surface area contributed by atoms with Crippen LogP contribution in [0.25, 0.3) is 21.0 Å². The van der Waals surface area contributed by atoms with Gasteiger partial charge in [0.1, 0.15) is 0 Å². The minimum Gasteiger partial charge on any atom is -0.241 e. The van der Waals surface area contributed by atoms with Crippen LogP contribution in [0.15, 0.2) is 35.2 Å². The molecule has 3 rings (SSSR count). The number of fused-ring (bicyclic) bond motifs is 3. The highest BCUT2D eigenvalue weighted by Crippen LogP contribution is 2.31. The van der Waals surface area contributed by atoms with Crippen LogP contribution in [0.5, 0.6) is 0 Å². The smallest absolute Gasteiger partial charge is 0.0908 e. The van der Waals surface area contributed by atoms with Gasteiger partial charge in [-0.1, -0.05) is 12.1 Å². The molecule has 0 aliphatic carbocycles. The van der Waals surface area contributed by atoms with Crippen molar-refractivity contribution < 1.29 is 0 Å². The highest BCUT2D eigenvalue weighted by Gasteiger charge is 2.05. The quantitative estimate of drug-likeness (QED) is 0.586. The van der Waals surface area contributed by atoms with Crippen LogP contribution in [-0.2, 0) is 0 Å². The van der Waals surface area contributed by atoms with Crippen molar-refractivity contribution in [3.8, 4) is 0 Å². The van der Waals surface area contributed by atoms with Crippen LogP contribution in [0.4, 0.5) is 0 Å². The van der Waals surface area contributed by atoms with Gasteiger partial charge < -0.3 is 0 Å². The third kappa shape index (κ3) is 1.51. The highest BCUT2D eigenvalue weighted by molar-refractivity contribution is 7.98. The average Bonchev–Trinajstić information content (AvgIpc) is 2.69. The van der Waals surface area contributed by atoms with Crippen molar-refractivity contribution in [2.45, 2.75) is 11.8 Å². The van der Waals surface area contributed by atoms with Crippen LogP contribution in [0.2, 0.25) is 0 Å². The molecule has 0 saturated heterocycles. The van der Waals surface area contributed by atoms with Crippen molar-refractivity contribution in [2.75, 3.05) is 6.26 Å². The van der Waals surface area contributed by atoms with Gasteiger partial charge in [0.25, 0.3) is 0 Å². The maximum atomic E-state index is 4.63. The van der Waals surface area contributed by atoms with E-state index in [2.05, 4.69) is 48.5 Å². The number of thiazole rings is 1. The fourth-order valence-corrected chi connectivity index (χ4v) is 3.21. The number of thioether (sulfide) groups is 1. The number of nitrogens with zero attached hydrogens (tertiary/aromatic N) is 1. The van der Waals surface area contributed by atoms with E-state index in [-0.39, 0.29) is 0 Å². The van der Waals surface area contributed by atoms with E-state index in [0.717, 1.165) is 10.5 Å². The molecule has 16 heavy (non-hydrogen) atoms. The summed E-state index contributed by atoms with van der Waals surface area (Å²) in [4.78, 5) is 5.92. The summed E-state index contributed by atoms with van der Waals surface area (Å²) in [6, 6.07) is 10.9. The number of hydrogen-bond donors (Lipinski definition) is 0. The van der Waals surface area contributed by atoms with Crippen LogP contribution in [0, 0.1) is 6.92 Å². The molecule has 1 heterocycles. The Balaban J connectivity index is 2.46. The predicted octanol–water partition coefficient (Wildman–Crippen LogP) is 4.48. The summed E-state index contributed by atoms with van der Waals surface area (Å²) in [7, 11) is 0. The largest absolute Gasteiger partial charge is 0.241 e. The van der Waals surface area contributed by atoms with E-state index in [1.54, 1.807) is 23.1 Å². The first-order chi connectivity index (χ1) is 7.78. The molecular weight excluding hydrogens is 234 g/mol. The van der Waals surface area contributed by atoms with Crippen LogP contribution < -0.4 is 0 Å². The summed E-state index contributed by atoms with van der Waals surface area (Å²) >= 11 is 3.54. The number of hydrogen-bond acceptors (Lipinski definition) is 3. The summed E-state index contributed by atoms with van der Waals surface area (Å²) in [5, 5.41) is 3.68. The van der Waals surface area contributed by atoms with Crippen molar-refractivity contribution in [2.24, 2.45) is 0 Å². The Morgan fingerprint density at radius 3 is 2.81 bits per heavy atom. The summed E-state index contributed by atoms with van der Waals surface area (Å²) < 4.78 is 1.28. The predicted molar refractivity (Wildman–Crippen MR) is 73.6 cm³/mol. The normalized spacial score (nSPS) is 11.4. The van der Waals surface area contributed by atoms with E-state index in [4.69, 9.17) is 0 Å². The van der Waals surface area contributed by atoms with Gasteiger partial charge in [-0.15, -0.1) is 23.1 Å². The zero-order valence-corrected chi connectivity index (χ0v) is 10.8. The van der Waals surface area contributed by atoms with Gasteiger partial charge in [-0.05, 0) is 36.8 Å². The average molecular weight is 245 g/mol. The van der Waals surface area contributed by atoms with E-state index in [1.807, 2.05) is 0 Å². The lowest BCUT2D eigenvalue weighted by molar-refractivity contribution is 1.35. The molecule has 0 bridgehead atoms. The van der Waals surface area contributed by atoms with Gasteiger partial charge in [-0.25, -0.2) is 4.98 Å². The van der Waals surface area contributed by atoms with Crippen LogP contribution in [-0.4, -0.2) is 11.2 Å². The Hall–Kier alpha value is -1.06. The van der Waals surface area contributed by atoms with Gasteiger partial charge in [0, 0.05) is 10.3 Å². The van der Waals surface area contributed by atoms with Crippen LogP contribution in [0.3, 0.4) is 0 Å². The Labute approximate surface area is 103 Å². The van der Waals surface area contributed by atoms with Gasteiger partial charge >= 0.3 is 0 Å². The fourth-order valence-electron chi connectivity index (χ4n) is 1.93. The monoisotopic (exact) mass is 245 g/mol. The zero-order chi connectivity index (χ0) is 11.1. The van der Waals surface area contributed by atoms with Crippen molar-refractivity contribution in [3.63, 3.8) is 0 Å². The number of benzene rings is 2. The number of aryl methyl sites for hydroxylation is 1. The van der Waals surface area contributed by atoms with Gasteiger partial charge in [0.15, 0.2) is 0 Å². The van der Waals surface area contributed by atoms with Crippen LogP contribution in [0.1, 0.15) is 5.01 Å². The van der Waals surface area contributed by atoms with Gasteiger partial charge in [-0.3, -0.25) is 0 Å². The van der Waals surface area contributed by atoms with E-state index in [9.17, 15) is 0 Å². The molecule has 0 atom stereocenters. The van der Waals surface area contributed by atoms with E-state index in [0.29, 0.717) is 0 Å². The molecular formula is C13H11NS2. The molecule has 1 nitrogen and oxygen atoms in total. The zero-order valence-electron chi connectivity index (χ0n) is 9.15. The molecule has 0 spiro atoms. The third-order valence-corrected chi connectivity index (χ3v) is 4.35. The Kier molecular flexibility index (Phi) is 2.37. The summed E-state index contributed by atoms with van der Waals surface area (Å²) in [6.45, 7) is 2.06. The fraction of sp³-hybridized carbons (Fsp3) is 0.154. The first-order valence-electron chi connectivity index (χ1n) is 5.12. The summed E-state index contributed by atoms with van der Waals surface area (Å²) in [5.74, 6) is 0. The lowest BCUT2D eigenvalue weighted by Gasteiger charge is -2.01. The second-order valence-corrected chi connectivity index (χ2v) is 5.85. The molecule has 80 valence electrons. The first-order valence-corrected chi connectivity index (χ1v) is 7.16. The molecule has 0 saturated carbocycles. The van der Waals surface area contributed by atoms with E-state index < -0.39 is 0 Å². The maximum absolute atomic E-state index is 4.63. The van der Waals surface area contributed by atoms with Crippen LogP contribution >= 0.6 is 23.1 Å². The number of aromatic nitrogens is 1. The Bertz CT molecular complexity index is 670. The van der Waals surface area contributed by atoms with Gasteiger partial charge in [0.05, 0.1) is 15.2 Å². The Morgan fingerprint density at radius 1 is 1.19 bits per heavy atom. The van der Waals surface area contributed by atoms with Crippen molar-refractivity contribution in [3.05, 3.63) is 35.3 Å². The molecule has 0 N–H and O–H groups in total. The molecule has 0 radical (unpaired) electrons. The molecule has 1 aromatic heterocycles. The van der Waals surface area contributed by atoms with Crippen molar-refractivity contribution >= 4 is 44.1 Å². The lowest BCUT2D eigenvalue weighted by atomic mass is 10.1. The Morgan fingerprint density at radius 2 is 2.00 bits per heavy atom. The van der Waals surface area contributed by atoms with Crippen molar-refractivity contribution in [1.29, 1.82) is 0 Å². The van der Waals surface area contributed by atoms with E-state index in [1.165, 1.54) is 20.4 Å². The molecule has 0 amide bonds. The van der Waals surface area contributed by atoms with E-state index >= 15 is 0 Å². The highest BCUT2D eigenvalue weighted by atomic mass is 32.2. The first kappa shape index (κ1) is 10.1. The molecule has 0 unspecified atom stereocenters. The number of rotatable bonds is 1. The second-order valence-electron chi connectivity index (χ2n) is 3.73. The topological polar surface area (TPSA) is 12.9 Å². The third-order valence-electron chi connectivity index (χ3n) is 2.69. The molecule has 0 aliphatic heterocycles. The standard InChI is InChI=1S/C13H11NS2/c1-8-14-13-11-7-10(15-2)5-3-9(11)4-6-12(13)16-8/h3-7H,1-2H3. The van der Waals surface area contributed by atoms with Crippen molar-refractivity contribution in [1.82, 2.24) is 4.98 Å². The molecule has 3 aromatic rings. The SMILES string of the molecule is CSc1ccc2ccc3sc(C)nc3c2c1. The minimum absolute atomic E-state index is 1.14. The molecule has 2 aromatic carbocycles. The molecule has 0 aliphatic rings. The maximum Gasteiger partial charge on any atom is 0.0908 e. The molecule has 3 heteroatoms. The summed E-state index contributed by atoms with van der Waals surface area (Å²) in [6.07, 6.45) is 2.10. The molecule has 0 fully saturated rings.